The molecule has 0 aromatic heterocycles. The quantitative estimate of drug-likeness (QED) is 0.0637. The zero-order valence-electron chi connectivity index (χ0n) is 20.5. The van der Waals surface area contributed by atoms with Gasteiger partial charge in [-0.2, -0.15) is 0 Å². The molecule has 5 heteroatoms. The monoisotopic (exact) mass is 516 g/mol. The molecule has 0 N–H and O–H groups in total. The molecule has 178 valence electrons. The summed E-state index contributed by atoms with van der Waals surface area (Å²) in [5.74, 6) is -0.675. The van der Waals surface area contributed by atoms with Crippen molar-refractivity contribution in [1.29, 1.82) is 0 Å². The van der Waals surface area contributed by atoms with E-state index in [1.54, 1.807) is 0 Å². The van der Waals surface area contributed by atoms with Gasteiger partial charge in [-0.3, -0.25) is 9.59 Å². The van der Waals surface area contributed by atoms with E-state index in [2.05, 4.69) is 13.8 Å². The van der Waals surface area contributed by atoms with Gasteiger partial charge in [-0.25, -0.2) is 0 Å². The molecule has 0 saturated carbocycles. The van der Waals surface area contributed by atoms with Crippen LogP contribution in [-0.4, -0.2) is 49.7 Å². The maximum Gasteiger partial charge on any atom is 0 e. The predicted octanol–water partition coefficient (Wildman–Crippen LogP) is 7.76. The van der Waals surface area contributed by atoms with Crippen molar-refractivity contribution in [2.24, 2.45) is 0 Å². The Morgan fingerprint density at radius 1 is 0.452 bits per heavy atom. The zero-order valence-corrected chi connectivity index (χ0v) is 23.5. The Hall–Kier alpha value is 1.02. The van der Waals surface area contributed by atoms with Gasteiger partial charge in [0.15, 0.2) is 0 Å². The van der Waals surface area contributed by atoms with Crippen LogP contribution in [0.15, 0.2) is 0 Å². The number of unbranched alkanes of at least 4 members (excludes halogenated alkanes) is 18. The second kappa shape index (κ2) is 31.0. The Bertz CT molecular complexity index is 378. The van der Waals surface area contributed by atoms with Crippen LogP contribution in [0, 0.1) is 0 Å². The fraction of sp³-hybridized carbons (Fsp3) is 0.923. The van der Waals surface area contributed by atoms with Crippen molar-refractivity contribution >= 4 is 49.7 Å². The minimum Gasteiger partial charge on any atom is 0 e. The molecule has 0 aromatic rings. The van der Waals surface area contributed by atoms with Gasteiger partial charge in [0.05, 0.1) is 0 Å². The van der Waals surface area contributed by atoms with Gasteiger partial charge in [0.25, 0.3) is 0 Å². The van der Waals surface area contributed by atoms with Crippen LogP contribution >= 0.6 is 0 Å². The average molecular weight is 518 g/mol. The van der Waals surface area contributed by atoms with E-state index in [4.69, 9.17) is 4.74 Å². The third kappa shape index (κ3) is 31.0. The van der Waals surface area contributed by atoms with E-state index >= 15 is 0 Å². The van der Waals surface area contributed by atoms with Gasteiger partial charge in [-0.15, -0.1) is 0 Å². The van der Waals surface area contributed by atoms with Crippen molar-refractivity contribution in [3.8, 4) is 0 Å². The molecule has 0 heterocycles. The van der Waals surface area contributed by atoms with Crippen molar-refractivity contribution in [2.75, 3.05) is 0 Å². The molecule has 31 heavy (non-hydrogen) atoms. The summed E-state index contributed by atoms with van der Waals surface area (Å²) in [6.45, 7) is 4.44. The molecule has 0 aromatic carbocycles. The summed E-state index contributed by atoms with van der Waals surface area (Å²) in [6, 6.07) is 0. The molecule has 0 spiro atoms. The van der Waals surface area contributed by atoms with Crippen molar-refractivity contribution in [3.63, 3.8) is 0 Å². The van der Waals surface area contributed by atoms with Gasteiger partial charge in [-0.05, 0) is 12.8 Å². The van der Waals surface area contributed by atoms with Crippen molar-refractivity contribution < 1.29 is 33.8 Å². The van der Waals surface area contributed by atoms with Gasteiger partial charge >= 0.3 is 49.7 Å². The van der Waals surface area contributed by atoms with Crippen LogP contribution in [-0.2, 0) is 33.8 Å². The van der Waals surface area contributed by atoms with E-state index in [0.29, 0.717) is 12.8 Å². The molecule has 0 fully saturated rings. The zero-order chi connectivity index (χ0) is 21.4. The summed E-state index contributed by atoms with van der Waals surface area (Å²) in [5.41, 5.74) is 0. The fourth-order valence-electron chi connectivity index (χ4n) is 3.74. The Morgan fingerprint density at radius 2 is 0.677 bits per heavy atom. The normalized spacial score (nSPS) is 10.3. The van der Waals surface area contributed by atoms with Crippen LogP contribution in [0.3, 0.4) is 0 Å². The maximum absolute atomic E-state index is 11.7. The minimum absolute atomic E-state index is 0. The predicted molar refractivity (Wildman–Crippen MR) is 133 cm³/mol. The van der Waals surface area contributed by atoms with Crippen molar-refractivity contribution in [3.05, 3.63) is 0 Å². The van der Waals surface area contributed by atoms with Crippen molar-refractivity contribution in [2.45, 2.75) is 155 Å². The first kappa shape index (κ1) is 36.6. The molecular formula is C26H52CaO3Zn. The van der Waals surface area contributed by atoms with E-state index < -0.39 is 0 Å². The number of esters is 2. The average Bonchev–Trinajstić information content (AvgIpc) is 2.70. The second-order valence-electron chi connectivity index (χ2n) is 8.71. The van der Waals surface area contributed by atoms with Crippen LogP contribution in [0.4, 0.5) is 0 Å². The summed E-state index contributed by atoms with van der Waals surface area (Å²) in [5, 5.41) is 0. The molecule has 0 aliphatic heterocycles. The van der Waals surface area contributed by atoms with Gasteiger partial charge < -0.3 is 4.74 Å². The first-order valence-corrected chi connectivity index (χ1v) is 12.9. The molecule has 3 nitrogen and oxygen atoms in total. The standard InChI is InChI=1S/C26H50O3.Ca.Zn.2H/c1-3-5-7-9-10-11-12-13-14-15-16-17-18-20-22-24-26(28)29-25(27)23-21-19-8-6-4-2;;;;/h3-24H2,1-2H3;;;;. The minimum atomic E-state index is -0.340. The Morgan fingerprint density at radius 3 is 0.935 bits per heavy atom. The van der Waals surface area contributed by atoms with Gasteiger partial charge in [0.2, 0.25) is 0 Å². The molecule has 0 bridgehead atoms. The maximum atomic E-state index is 11.7. The number of ether oxygens (including phenoxy) is 1. The smallest absolute Gasteiger partial charge is 0 e. The molecule has 0 atom stereocenters. The van der Waals surface area contributed by atoms with E-state index in [1.165, 1.54) is 96.3 Å². The van der Waals surface area contributed by atoms with Crippen LogP contribution in [0.1, 0.15) is 155 Å². The van der Waals surface area contributed by atoms with Gasteiger partial charge in [0, 0.05) is 32.3 Å². The Balaban J connectivity index is -0.00000392. The summed E-state index contributed by atoms with van der Waals surface area (Å²) < 4.78 is 4.90. The number of hydrogen-bond acceptors (Lipinski definition) is 3. The van der Waals surface area contributed by atoms with E-state index in [9.17, 15) is 9.59 Å². The molecule has 0 saturated heterocycles. The summed E-state index contributed by atoms with van der Waals surface area (Å²) in [4.78, 5) is 23.3. The van der Waals surface area contributed by atoms with Gasteiger partial charge in [0.1, 0.15) is 0 Å². The fourth-order valence-corrected chi connectivity index (χ4v) is 3.74. The molecule has 0 aliphatic rings. The Kier molecular flexibility index (Phi) is 36.6. The molecule has 0 unspecified atom stereocenters. The Labute approximate surface area is 236 Å². The third-order valence-corrected chi connectivity index (χ3v) is 5.70. The molecule has 0 rings (SSSR count). The molecule has 0 amide bonds. The SMILES string of the molecule is CCCCCCCCCCCCCCCCCC(=O)OC(=O)CCCCCCC.[CaH2].[Zn]. The van der Waals surface area contributed by atoms with Crippen LogP contribution in [0.2, 0.25) is 0 Å². The van der Waals surface area contributed by atoms with E-state index in [0.717, 1.165) is 32.1 Å². The molecular weight excluding hydrogens is 466 g/mol. The molecule has 0 radical (unpaired) electrons. The first-order chi connectivity index (χ1) is 14.2. The summed E-state index contributed by atoms with van der Waals surface area (Å²) in [7, 11) is 0. The number of rotatable bonds is 22. The summed E-state index contributed by atoms with van der Waals surface area (Å²) in [6.07, 6.45) is 25.9. The molecule has 0 aliphatic carbocycles. The number of carbonyl (C=O) groups excluding carboxylic acids is 2. The topological polar surface area (TPSA) is 43.4 Å². The van der Waals surface area contributed by atoms with Crippen LogP contribution in [0.5, 0.6) is 0 Å². The largest absolute Gasteiger partial charge is 0 e. The van der Waals surface area contributed by atoms with Gasteiger partial charge in [-0.1, -0.05) is 129 Å². The first-order valence-electron chi connectivity index (χ1n) is 12.9. The van der Waals surface area contributed by atoms with E-state index in [-0.39, 0.29) is 69.2 Å². The van der Waals surface area contributed by atoms with Crippen molar-refractivity contribution in [1.82, 2.24) is 0 Å². The number of carbonyl (C=O) groups is 2. The number of hydrogen-bond donors (Lipinski definition) is 0. The van der Waals surface area contributed by atoms with E-state index in [1.807, 2.05) is 0 Å². The van der Waals surface area contributed by atoms with Crippen LogP contribution in [0.25, 0.3) is 0 Å². The third-order valence-electron chi connectivity index (χ3n) is 5.70. The summed E-state index contributed by atoms with van der Waals surface area (Å²) >= 11 is 0. The second-order valence-corrected chi connectivity index (χ2v) is 8.71. The van der Waals surface area contributed by atoms with Crippen LogP contribution < -0.4 is 0 Å².